The Labute approximate surface area is 108 Å². The molecule has 0 aliphatic rings. The quantitative estimate of drug-likeness (QED) is 0.485. The molecule has 0 aliphatic heterocycles. The lowest BCUT2D eigenvalue weighted by molar-refractivity contribution is -0.385. The van der Waals surface area contributed by atoms with Crippen LogP contribution in [0.2, 0.25) is 0 Å². The fourth-order valence-electron chi connectivity index (χ4n) is 1.40. The van der Waals surface area contributed by atoms with Gasteiger partial charge < -0.3 is 16.8 Å². The van der Waals surface area contributed by atoms with Crippen LogP contribution in [-0.2, 0) is 4.79 Å². The lowest BCUT2D eigenvalue weighted by atomic mass is 10.2. The number of nitrogens with two attached hydrogens (primary N) is 2. The number of hydrogen-bond donors (Lipinski definition) is 3. The summed E-state index contributed by atoms with van der Waals surface area (Å²) in [5.41, 5.74) is 10.0. The molecule has 2 amide bonds. The number of aromatic nitrogens is 1. The van der Waals surface area contributed by atoms with Gasteiger partial charge in [0.25, 0.3) is 11.6 Å². The average Bonchev–Trinajstić information content (AvgIpc) is 2.27. The van der Waals surface area contributed by atoms with E-state index in [1.54, 1.807) is 6.92 Å². The summed E-state index contributed by atoms with van der Waals surface area (Å²) in [6, 6.07) is 0.512. The highest BCUT2D eigenvalue weighted by molar-refractivity contribution is 5.99. The van der Waals surface area contributed by atoms with Crippen LogP contribution in [0.25, 0.3) is 0 Å². The number of hydrogen-bond acceptors (Lipinski definition) is 6. The fourth-order valence-corrected chi connectivity index (χ4v) is 1.40. The number of nitro groups is 1. The summed E-state index contributed by atoms with van der Waals surface area (Å²) >= 11 is 0. The summed E-state index contributed by atoms with van der Waals surface area (Å²) in [6.45, 7) is 1.57. The molecule has 1 unspecified atom stereocenters. The molecule has 9 heteroatoms. The first-order valence-corrected chi connectivity index (χ1v) is 5.30. The van der Waals surface area contributed by atoms with Gasteiger partial charge in [-0.2, -0.15) is 0 Å². The second-order valence-electron chi connectivity index (χ2n) is 3.93. The van der Waals surface area contributed by atoms with Gasteiger partial charge in [-0.1, -0.05) is 0 Å². The van der Waals surface area contributed by atoms with E-state index in [0.29, 0.717) is 0 Å². The van der Waals surface area contributed by atoms with Crippen molar-refractivity contribution in [2.75, 3.05) is 5.73 Å². The third kappa shape index (κ3) is 3.91. The zero-order valence-electron chi connectivity index (χ0n) is 10.1. The van der Waals surface area contributed by atoms with Crippen molar-refractivity contribution < 1.29 is 14.5 Å². The lowest BCUT2D eigenvalue weighted by Crippen LogP contribution is -2.36. The van der Waals surface area contributed by atoms with E-state index in [1.165, 1.54) is 0 Å². The minimum atomic E-state index is -0.684. The maximum absolute atomic E-state index is 11.8. The molecule has 9 nitrogen and oxygen atoms in total. The van der Waals surface area contributed by atoms with E-state index in [0.717, 1.165) is 12.3 Å². The van der Waals surface area contributed by atoms with Crippen LogP contribution in [0.4, 0.5) is 11.5 Å². The largest absolute Gasteiger partial charge is 0.383 e. The summed E-state index contributed by atoms with van der Waals surface area (Å²) in [5.74, 6) is -1.35. The highest BCUT2D eigenvalue weighted by Crippen LogP contribution is 2.16. The number of rotatable bonds is 5. The number of anilines is 1. The van der Waals surface area contributed by atoms with Gasteiger partial charge in [0.2, 0.25) is 5.91 Å². The lowest BCUT2D eigenvalue weighted by Gasteiger charge is -2.12. The molecule has 102 valence electrons. The van der Waals surface area contributed by atoms with Crippen LogP contribution in [0.15, 0.2) is 12.3 Å². The Hall–Kier alpha value is -2.71. The second kappa shape index (κ2) is 5.76. The Kier molecular flexibility index (Phi) is 4.35. The molecule has 0 saturated heterocycles. The summed E-state index contributed by atoms with van der Waals surface area (Å²) in [4.78, 5) is 36.0. The highest BCUT2D eigenvalue weighted by atomic mass is 16.6. The van der Waals surface area contributed by atoms with E-state index in [1.807, 2.05) is 0 Å². The first-order valence-electron chi connectivity index (χ1n) is 5.30. The van der Waals surface area contributed by atoms with Crippen molar-refractivity contribution in [2.45, 2.75) is 19.4 Å². The summed E-state index contributed by atoms with van der Waals surface area (Å²) in [5, 5.41) is 13.0. The molecule has 0 radical (unpaired) electrons. The van der Waals surface area contributed by atoms with Crippen LogP contribution >= 0.6 is 0 Å². The minimum Gasteiger partial charge on any atom is -0.383 e. The third-order valence-corrected chi connectivity index (χ3v) is 2.24. The molecule has 1 heterocycles. The van der Waals surface area contributed by atoms with Gasteiger partial charge in [0, 0.05) is 18.5 Å². The first-order chi connectivity index (χ1) is 8.81. The molecule has 0 aliphatic carbocycles. The molecule has 1 atom stereocenters. The number of pyridine rings is 1. The second-order valence-corrected chi connectivity index (χ2v) is 3.93. The molecule has 1 rings (SSSR count). The smallest absolute Gasteiger partial charge is 0.288 e. The Morgan fingerprint density at radius 3 is 2.74 bits per heavy atom. The number of amides is 2. The summed E-state index contributed by atoms with van der Waals surface area (Å²) in [6.07, 6.45) is 0.910. The van der Waals surface area contributed by atoms with Gasteiger partial charge in [0.1, 0.15) is 12.0 Å². The van der Waals surface area contributed by atoms with E-state index in [2.05, 4.69) is 10.3 Å². The van der Waals surface area contributed by atoms with Crippen molar-refractivity contribution in [1.82, 2.24) is 10.3 Å². The molecule has 0 spiro atoms. The number of nitrogens with zero attached hydrogens (tertiary/aromatic N) is 2. The predicted molar refractivity (Wildman–Crippen MR) is 66.0 cm³/mol. The third-order valence-electron chi connectivity index (χ3n) is 2.24. The Morgan fingerprint density at radius 1 is 1.58 bits per heavy atom. The van der Waals surface area contributed by atoms with Gasteiger partial charge >= 0.3 is 0 Å². The van der Waals surface area contributed by atoms with Crippen LogP contribution in [-0.4, -0.2) is 27.8 Å². The molecule has 0 saturated carbocycles. The topological polar surface area (TPSA) is 154 Å². The zero-order chi connectivity index (χ0) is 14.6. The fraction of sp³-hybridized carbons (Fsp3) is 0.300. The Bertz CT molecular complexity index is 531. The van der Waals surface area contributed by atoms with Crippen molar-refractivity contribution in [3.05, 3.63) is 27.9 Å². The maximum atomic E-state index is 11.8. The normalized spacial score (nSPS) is 11.6. The van der Waals surface area contributed by atoms with E-state index in [9.17, 15) is 19.7 Å². The number of carbonyl (C=O) groups is 2. The average molecular weight is 267 g/mol. The van der Waals surface area contributed by atoms with Gasteiger partial charge in [0.15, 0.2) is 0 Å². The van der Waals surface area contributed by atoms with Gasteiger partial charge in [-0.25, -0.2) is 4.98 Å². The van der Waals surface area contributed by atoms with Gasteiger partial charge in [-0.15, -0.1) is 0 Å². The maximum Gasteiger partial charge on any atom is 0.288 e. The molecular formula is C10H13N5O4. The number of nitrogen functional groups attached to an aromatic ring is 1. The molecule has 0 fully saturated rings. The van der Waals surface area contributed by atoms with Crippen LogP contribution in [0.3, 0.4) is 0 Å². The highest BCUT2D eigenvalue weighted by Gasteiger charge is 2.18. The number of nitrogens with one attached hydrogen (secondary N) is 1. The summed E-state index contributed by atoms with van der Waals surface area (Å²) in [7, 11) is 0. The molecule has 1 aromatic rings. The van der Waals surface area contributed by atoms with Crippen LogP contribution in [0.5, 0.6) is 0 Å². The molecule has 0 aromatic carbocycles. The van der Waals surface area contributed by atoms with E-state index < -0.39 is 22.8 Å². The summed E-state index contributed by atoms with van der Waals surface area (Å²) < 4.78 is 0. The zero-order valence-corrected chi connectivity index (χ0v) is 10.1. The molecule has 0 bridgehead atoms. The number of carbonyl (C=O) groups excluding carboxylic acids is 2. The van der Waals surface area contributed by atoms with Crippen molar-refractivity contribution in [1.29, 1.82) is 0 Å². The molecule has 19 heavy (non-hydrogen) atoms. The molecule has 1 aromatic heterocycles. The van der Waals surface area contributed by atoms with Crippen molar-refractivity contribution in [3.63, 3.8) is 0 Å². The first kappa shape index (κ1) is 14.4. The van der Waals surface area contributed by atoms with E-state index >= 15 is 0 Å². The number of primary amides is 1. The standard InChI is InChI=1S/C10H13N5O4/c1-5(2-8(11)16)14-10(17)7-3-6(15(18)19)4-13-9(7)12/h3-5H,2H2,1H3,(H2,11,16)(H2,12,13)(H,14,17). The van der Waals surface area contributed by atoms with Crippen molar-refractivity contribution >= 4 is 23.3 Å². The molecular weight excluding hydrogens is 254 g/mol. The Morgan fingerprint density at radius 2 is 2.21 bits per heavy atom. The Balaban J connectivity index is 2.90. The van der Waals surface area contributed by atoms with Crippen LogP contribution in [0.1, 0.15) is 23.7 Å². The van der Waals surface area contributed by atoms with Gasteiger partial charge in [-0.05, 0) is 6.92 Å². The van der Waals surface area contributed by atoms with Crippen LogP contribution < -0.4 is 16.8 Å². The van der Waals surface area contributed by atoms with Crippen molar-refractivity contribution in [3.8, 4) is 0 Å². The SMILES string of the molecule is CC(CC(N)=O)NC(=O)c1cc([N+](=O)[O-])cnc1N. The predicted octanol–water partition coefficient (Wildman–Crippen LogP) is -0.434. The van der Waals surface area contributed by atoms with Crippen LogP contribution in [0, 0.1) is 10.1 Å². The monoisotopic (exact) mass is 267 g/mol. The van der Waals surface area contributed by atoms with E-state index in [4.69, 9.17) is 11.5 Å². The van der Waals surface area contributed by atoms with E-state index in [-0.39, 0.29) is 23.5 Å². The molecule has 5 N–H and O–H groups in total. The van der Waals surface area contributed by atoms with Gasteiger partial charge in [-0.3, -0.25) is 19.7 Å². The minimum absolute atomic E-state index is 0.0476. The van der Waals surface area contributed by atoms with Gasteiger partial charge in [0.05, 0.1) is 10.5 Å². The van der Waals surface area contributed by atoms with Crippen molar-refractivity contribution in [2.24, 2.45) is 5.73 Å².